The molecule has 1 aromatic rings. The molecule has 1 fully saturated rings. The molecule has 1 aliphatic rings. The highest BCUT2D eigenvalue weighted by Crippen LogP contribution is 2.31. The van der Waals surface area contributed by atoms with E-state index in [9.17, 15) is 14.5 Å². The number of benzene rings is 1. The van der Waals surface area contributed by atoms with E-state index in [0.29, 0.717) is 11.6 Å². The molecule has 0 bridgehead atoms. The predicted molar refractivity (Wildman–Crippen MR) is 81.9 cm³/mol. The van der Waals surface area contributed by atoms with Gasteiger partial charge in [0.05, 0.1) is 16.7 Å². The lowest BCUT2D eigenvalue weighted by Crippen LogP contribution is -2.19. The number of hydrogen-bond donors (Lipinski definition) is 1. The average Bonchev–Trinajstić information content (AvgIpc) is 2.66. The standard InChI is InChI=1S/C16H23FN2O2/c1-11(2)12-4-3-5-13(7-6-12)18-16-9-8-14(19(20)21)10-15(16)17/h8-13,18H,3-7H2,1-2H3. The molecule has 2 unspecified atom stereocenters. The van der Waals surface area contributed by atoms with E-state index in [0.717, 1.165) is 37.7 Å². The molecule has 5 heteroatoms. The maximum atomic E-state index is 13.9. The van der Waals surface area contributed by atoms with Crippen molar-refractivity contribution in [2.75, 3.05) is 5.32 Å². The monoisotopic (exact) mass is 294 g/mol. The highest BCUT2D eigenvalue weighted by atomic mass is 19.1. The topological polar surface area (TPSA) is 55.2 Å². The van der Waals surface area contributed by atoms with E-state index in [1.54, 1.807) is 0 Å². The molecular formula is C16H23FN2O2. The fourth-order valence-electron chi connectivity index (χ4n) is 3.10. The van der Waals surface area contributed by atoms with Crippen molar-refractivity contribution in [3.05, 3.63) is 34.1 Å². The lowest BCUT2D eigenvalue weighted by molar-refractivity contribution is -0.385. The van der Waals surface area contributed by atoms with Gasteiger partial charge in [0, 0.05) is 12.1 Å². The summed E-state index contributed by atoms with van der Waals surface area (Å²) in [4.78, 5) is 10.0. The van der Waals surface area contributed by atoms with Crippen LogP contribution < -0.4 is 5.32 Å². The number of nitrogens with zero attached hydrogens (tertiary/aromatic N) is 1. The lowest BCUT2D eigenvalue weighted by atomic mass is 9.89. The summed E-state index contributed by atoms with van der Waals surface area (Å²) in [5.41, 5.74) is 0.160. The Morgan fingerprint density at radius 2 is 2.05 bits per heavy atom. The molecule has 1 N–H and O–H groups in total. The Bertz CT molecular complexity index is 505. The Morgan fingerprint density at radius 3 is 2.67 bits per heavy atom. The van der Waals surface area contributed by atoms with Crippen LogP contribution in [-0.4, -0.2) is 11.0 Å². The molecule has 0 saturated heterocycles. The van der Waals surface area contributed by atoms with Gasteiger partial charge in [-0.15, -0.1) is 0 Å². The maximum absolute atomic E-state index is 13.9. The van der Waals surface area contributed by atoms with E-state index in [4.69, 9.17) is 0 Å². The largest absolute Gasteiger partial charge is 0.380 e. The normalized spacial score (nSPS) is 22.9. The fraction of sp³-hybridized carbons (Fsp3) is 0.625. The molecule has 21 heavy (non-hydrogen) atoms. The molecule has 2 atom stereocenters. The van der Waals surface area contributed by atoms with Crippen LogP contribution in [0.25, 0.3) is 0 Å². The van der Waals surface area contributed by atoms with Gasteiger partial charge in [-0.3, -0.25) is 10.1 Å². The van der Waals surface area contributed by atoms with Crippen molar-refractivity contribution in [1.82, 2.24) is 0 Å². The van der Waals surface area contributed by atoms with Gasteiger partial charge in [-0.2, -0.15) is 0 Å². The molecule has 0 heterocycles. The quantitative estimate of drug-likeness (QED) is 0.495. The van der Waals surface area contributed by atoms with Crippen LogP contribution in [0.3, 0.4) is 0 Å². The molecule has 0 aromatic heterocycles. The van der Waals surface area contributed by atoms with Crippen LogP contribution in [0.2, 0.25) is 0 Å². The number of nitrogens with one attached hydrogen (secondary N) is 1. The summed E-state index contributed by atoms with van der Waals surface area (Å²) in [6, 6.07) is 4.05. The van der Waals surface area contributed by atoms with Crippen LogP contribution in [0.1, 0.15) is 46.0 Å². The highest BCUT2D eigenvalue weighted by Gasteiger charge is 2.22. The molecule has 1 aliphatic carbocycles. The number of halogens is 1. The van der Waals surface area contributed by atoms with E-state index < -0.39 is 10.7 Å². The molecule has 0 aliphatic heterocycles. The first kappa shape index (κ1) is 15.7. The van der Waals surface area contributed by atoms with Crippen LogP contribution in [0, 0.1) is 27.8 Å². The third-order valence-corrected chi connectivity index (χ3v) is 4.48. The molecule has 0 spiro atoms. The molecule has 4 nitrogen and oxygen atoms in total. The van der Waals surface area contributed by atoms with Crippen molar-refractivity contribution in [2.45, 2.75) is 52.0 Å². The fourth-order valence-corrected chi connectivity index (χ4v) is 3.10. The van der Waals surface area contributed by atoms with Gasteiger partial charge < -0.3 is 5.32 Å². The minimum Gasteiger partial charge on any atom is -0.380 e. The number of rotatable bonds is 4. The van der Waals surface area contributed by atoms with Crippen molar-refractivity contribution in [1.29, 1.82) is 0 Å². The third-order valence-electron chi connectivity index (χ3n) is 4.48. The third kappa shape index (κ3) is 4.16. The smallest absolute Gasteiger partial charge is 0.272 e. The number of anilines is 1. The Morgan fingerprint density at radius 1 is 1.29 bits per heavy atom. The van der Waals surface area contributed by atoms with Gasteiger partial charge in [-0.25, -0.2) is 4.39 Å². The number of hydrogen-bond acceptors (Lipinski definition) is 3. The first-order chi connectivity index (χ1) is 9.97. The van der Waals surface area contributed by atoms with Gasteiger partial charge in [0.25, 0.3) is 5.69 Å². The van der Waals surface area contributed by atoms with E-state index in [1.807, 2.05) is 0 Å². The van der Waals surface area contributed by atoms with E-state index >= 15 is 0 Å². The van der Waals surface area contributed by atoms with E-state index in [-0.39, 0.29) is 11.7 Å². The number of nitro benzene ring substituents is 1. The van der Waals surface area contributed by atoms with Gasteiger partial charge in [0.15, 0.2) is 5.82 Å². The molecule has 1 aromatic carbocycles. The van der Waals surface area contributed by atoms with Crippen LogP contribution in [0.4, 0.5) is 15.8 Å². The molecule has 1 saturated carbocycles. The second-order valence-electron chi connectivity index (χ2n) is 6.27. The maximum Gasteiger partial charge on any atom is 0.272 e. The zero-order valence-electron chi connectivity index (χ0n) is 12.6. The van der Waals surface area contributed by atoms with Crippen molar-refractivity contribution in [2.24, 2.45) is 11.8 Å². The average molecular weight is 294 g/mol. The number of nitro groups is 1. The highest BCUT2D eigenvalue weighted by molar-refractivity contribution is 5.50. The zero-order chi connectivity index (χ0) is 15.4. The summed E-state index contributed by atoms with van der Waals surface area (Å²) in [7, 11) is 0. The number of non-ortho nitro benzene ring substituents is 1. The molecule has 2 rings (SSSR count). The first-order valence-electron chi connectivity index (χ1n) is 7.68. The second-order valence-corrected chi connectivity index (χ2v) is 6.27. The van der Waals surface area contributed by atoms with E-state index in [1.165, 1.54) is 18.6 Å². The van der Waals surface area contributed by atoms with Crippen LogP contribution in [0.15, 0.2) is 18.2 Å². The summed E-state index contributed by atoms with van der Waals surface area (Å²) in [5, 5.41) is 13.8. The SMILES string of the molecule is CC(C)C1CCCC(Nc2ccc([N+](=O)[O-])cc2F)CC1. The first-order valence-corrected chi connectivity index (χ1v) is 7.68. The van der Waals surface area contributed by atoms with Gasteiger partial charge in [-0.1, -0.05) is 26.7 Å². The molecule has 0 amide bonds. The van der Waals surface area contributed by atoms with Crippen LogP contribution in [0.5, 0.6) is 0 Å². The molecular weight excluding hydrogens is 271 g/mol. The Labute approximate surface area is 124 Å². The Kier molecular flexibility index (Phi) is 5.15. The molecule has 0 radical (unpaired) electrons. The van der Waals surface area contributed by atoms with E-state index in [2.05, 4.69) is 19.2 Å². The van der Waals surface area contributed by atoms with Crippen molar-refractivity contribution >= 4 is 11.4 Å². The summed E-state index contributed by atoms with van der Waals surface area (Å²) in [6.07, 6.45) is 5.59. The zero-order valence-corrected chi connectivity index (χ0v) is 12.6. The van der Waals surface area contributed by atoms with Crippen molar-refractivity contribution in [3.8, 4) is 0 Å². The summed E-state index contributed by atoms with van der Waals surface area (Å²) < 4.78 is 13.9. The summed E-state index contributed by atoms with van der Waals surface area (Å²) in [6.45, 7) is 4.52. The Balaban J connectivity index is 2.00. The minimum atomic E-state index is -0.578. The summed E-state index contributed by atoms with van der Waals surface area (Å²) in [5.74, 6) is 0.896. The van der Waals surface area contributed by atoms with Crippen LogP contribution in [-0.2, 0) is 0 Å². The van der Waals surface area contributed by atoms with Crippen molar-refractivity contribution in [3.63, 3.8) is 0 Å². The van der Waals surface area contributed by atoms with Gasteiger partial charge in [0.1, 0.15) is 0 Å². The van der Waals surface area contributed by atoms with Gasteiger partial charge >= 0.3 is 0 Å². The van der Waals surface area contributed by atoms with Gasteiger partial charge in [-0.05, 0) is 37.2 Å². The summed E-state index contributed by atoms with van der Waals surface area (Å²) >= 11 is 0. The van der Waals surface area contributed by atoms with Gasteiger partial charge in [0.2, 0.25) is 0 Å². The lowest BCUT2D eigenvalue weighted by Gasteiger charge is -2.20. The predicted octanol–water partition coefficient (Wildman–Crippen LogP) is 4.75. The van der Waals surface area contributed by atoms with Crippen molar-refractivity contribution < 1.29 is 9.31 Å². The molecule has 116 valence electrons. The Hall–Kier alpha value is -1.65. The second kappa shape index (κ2) is 6.87. The minimum absolute atomic E-state index is 0.209. The van der Waals surface area contributed by atoms with Crippen LogP contribution >= 0.6 is 0 Å².